The van der Waals surface area contributed by atoms with Crippen LogP contribution in [-0.2, 0) is 4.74 Å². The molecule has 0 unspecified atom stereocenters. The van der Waals surface area contributed by atoms with Crippen LogP contribution in [0.5, 0.6) is 0 Å². The molecule has 0 aromatic heterocycles. The summed E-state index contributed by atoms with van der Waals surface area (Å²) >= 11 is 0. The highest BCUT2D eigenvalue weighted by atomic mass is 16.5. The Morgan fingerprint density at radius 3 is 3.08 bits per heavy atom. The van der Waals surface area contributed by atoms with Gasteiger partial charge in [0.25, 0.3) is 0 Å². The van der Waals surface area contributed by atoms with Crippen molar-refractivity contribution in [2.45, 2.75) is 69.5 Å². The van der Waals surface area contributed by atoms with Gasteiger partial charge in [-0.1, -0.05) is 19.8 Å². The molecule has 2 heterocycles. The molecule has 74 valence electrons. The maximum Gasteiger partial charge on any atom is 0.0724 e. The lowest BCUT2D eigenvalue weighted by atomic mass is 9.87. The van der Waals surface area contributed by atoms with E-state index in [1.165, 1.54) is 51.4 Å². The molecule has 1 aliphatic carbocycles. The third-order valence-corrected chi connectivity index (χ3v) is 4.43. The first kappa shape index (κ1) is 8.28. The molecule has 3 aliphatic rings. The number of fused-ring (bicyclic) bond motifs is 1. The molecule has 3 atom stereocenters. The van der Waals surface area contributed by atoms with Crippen LogP contribution in [0, 0.1) is 5.92 Å². The molecule has 3 fully saturated rings. The minimum atomic E-state index is 0.358. The summed E-state index contributed by atoms with van der Waals surface area (Å²) in [5, 5.41) is 0. The SMILES string of the molecule is CCCC[C@@]12CCC[C@]3(C[C@H]3C1)O2. The minimum Gasteiger partial charge on any atom is -0.368 e. The molecule has 0 amide bonds. The molecular weight excluding hydrogens is 160 g/mol. The molecule has 1 nitrogen and oxygen atoms in total. The van der Waals surface area contributed by atoms with Crippen molar-refractivity contribution in [1.82, 2.24) is 0 Å². The van der Waals surface area contributed by atoms with Crippen molar-refractivity contribution in [2.75, 3.05) is 0 Å². The molecule has 1 saturated carbocycles. The Bertz CT molecular complexity index is 225. The Morgan fingerprint density at radius 1 is 1.31 bits per heavy atom. The molecular formula is C12H20O. The summed E-state index contributed by atoms with van der Waals surface area (Å²) in [5.41, 5.74) is 0.781. The van der Waals surface area contributed by atoms with E-state index in [2.05, 4.69) is 6.92 Å². The van der Waals surface area contributed by atoms with Crippen LogP contribution in [0.25, 0.3) is 0 Å². The van der Waals surface area contributed by atoms with Crippen molar-refractivity contribution in [2.24, 2.45) is 5.92 Å². The average Bonchev–Trinajstić information content (AvgIpc) is 2.68. The van der Waals surface area contributed by atoms with Crippen LogP contribution in [0.15, 0.2) is 0 Å². The largest absolute Gasteiger partial charge is 0.368 e. The maximum absolute atomic E-state index is 6.35. The number of rotatable bonds is 3. The fourth-order valence-corrected chi connectivity index (χ4v) is 3.66. The van der Waals surface area contributed by atoms with Crippen LogP contribution in [0.2, 0.25) is 0 Å². The Balaban J connectivity index is 1.71. The molecule has 13 heavy (non-hydrogen) atoms. The van der Waals surface area contributed by atoms with Crippen LogP contribution in [0.4, 0.5) is 0 Å². The fourth-order valence-electron chi connectivity index (χ4n) is 3.66. The first-order valence-electron chi connectivity index (χ1n) is 5.99. The molecule has 0 radical (unpaired) electrons. The van der Waals surface area contributed by atoms with Crippen molar-refractivity contribution in [1.29, 1.82) is 0 Å². The van der Waals surface area contributed by atoms with Crippen LogP contribution in [0.1, 0.15) is 58.3 Å². The lowest BCUT2D eigenvalue weighted by molar-refractivity contribution is -0.116. The zero-order valence-electron chi connectivity index (χ0n) is 8.64. The van der Waals surface area contributed by atoms with Gasteiger partial charge in [-0.3, -0.25) is 0 Å². The van der Waals surface area contributed by atoms with Crippen molar-refractivity contribution in [3.8, 4) is 0 Å². The molecule has 0 N–H and O–H groups in total. The second-order valence-corrected chi connectivity index (χ2v) is 5.41. The van der Waals surface area contributed by atoms with E-state index in [4.69, 9.17) is 4.74 Å². The summed E-state index contributed by atoms with van der Waals surface area (Å²) in [6.07, 6.45) is 11.0. The second kappa shape index (κ2) is 2.50. The monoisotopic (exact) mass is 180 g/mol. The molecule has 0 aromatic rings. The van der Waals surface area contributed by atoms with Crippen molar-refractivity contribution < 1.29 is 4.74 Å². The highest BCUT2D eigenvalue weighted by molar-refractivity contribution is 5.17. The van der Waals surface area contributed by atoms with E-state index in [-0.39, 0.29) is 0 Å². The Kier molecular flexibility index (Phi) is 1.59. The van der Waals surface area contributed by atoms with Gasteiger partial charge < -0.3 is 4.74 Å². The van der Waals surface area contributed by atoms with Crippen molar-refractivity contribution in [3.63, 3.8) is 0 Å². The van der Waals surface area contributed by atoms with Crippen LogP contribution in [0.3, 0.4) is 0 Å². The van der Waals surface area contributed by atoms with Crippen LogP contribution >= 0.6 is 0 Å². The Hall–Kier alpha value is -0.0400. The molecule has 0 aromatic carbocycles. The van der Waals surface area contributed by atoms with Gasteiger partial charge in [-0.2, -0.15) is 0 Å². The molecule has 1 spiro atoms. The van der Waals surface area contributed by atoms with E-state index < -0.39 is 0 Å². The van der Waals surface area contributed by atoms with Gasteiger partial charge in [-0.25, -0.2) is 0 Å². The molecule has 1 heteroatoms. The number of unbranched alkanes of at least 4 members (excludes halogenated alkanes) is 1. The van der Waals surface area contributed by atoms with Gasteiger partial charge in [0.2, 0.25) is 0 Å². The third kappa shape index (κ3) is 1.09. The third-order valence-electron chi connectivity index (χ3n) is 4.43. The number of hydrogen-bond donors (Lipinski definition) is 0. The van der Waals surface area contributed by atoms with E-state index in [0.717, 1.165) is 5.92 Å². The quantitative estimate of drug-likeness (QED) is 0.647. The predicted octanol–water partition coefficient (Wildman–Crippen LogP) is 3.28. The number of hydrogen-bond acceptors (Lipinski definition) is 1. The second-order valence-electron chi connectivity index (χ2n) is 5.41. The van der Waals surface area contributed by atoms with Crippen molar-refractivity contribution in [3.05, 3.63) is 0 Å². The van der Waals surface area contributed by atoms with Gasteiger partial charge in [0, 0.05) is 0 Å². The van der Waals surface area contributed by atoms with Gasteiger partial charge >= 0.3 is 0 Å². The van der Waals surface area contributed by atoms with E-state index in [1.807, 2.05) is 0 Å². The molecule has 2 aliphatic heterocycles. The lowest BCUT2D eigenvalue weighted by Crippen LogP contribution is -2.36. The lowest BCUT2D eigenvalue weighted by Gasteiger charge is -2.37. The van der Waals surface area contributed by atoms with E-state index in [9.17, 15) is 0 Å². The van der Waals surface area contributed by atoms with Crippen molar-refractivity contribution >= 4 is 0 Å². The van der Waals surface area contributed by atoms with Crippen LogP contribution < -0.4 is 0 Å². The van der Waals surface area contributed by atoms with Gasteiger partial charge in [0.15, 0.2) is 0 Å². The highest BCUT2D eigenvalue weighted by Crippen LogP contribution is 2.66. The zero-order chi connectivity index (χ0) is 8.94. The fraction of sp³-hybridized carbons (Fsp3) is 1.00. The Morgan fingerprint density at radius 2 is 2.23 bits per heavy atom. The predicted molar refractivity (Wildman–Crippen MR) is 52.6 cm³/mol. The molecule has 2 bridgehead atoms. The summed E-state index contributed by atoms with van der Waals surface area (Å²) in [4.78, 5) is 0. The van der Waals surface area contributed by atoms with Gasteiger partial charge in [-0.15, -0.1) is 0 Å². The Labute approximate surface area is 80.8 Å². The maximum atomic E-state index is 6.35. The summed E-state index contributed by atoms with van der Waals surface area (Å²) in [6.45, 7) is 2.28. The first-order valence-corrected chi connectivity index (χ1v) is 5.99. The van der Waals surface area contributed by atoms with E-state index in [0.29, 0.717) is 11.2 Å². The summed E-state index contributed by atoms with van der Waals surface area (Å²) in [6, 6.07) is 0. The molecule has 3 rings (SSSR count). The summed E-state index contributed by atoms with van der Waals surface area (Å²) in [7, 11) is 0. The molecule has 2 saturated heterocycles. The average molecular weight is 180 g/mol. The topological polar surface area (TPSA) is 9.23 Å². The standard InChI is InChI=1S/C12H20O/c1-2-3-5-11-6-4-7-12(13-11)9-10(12)8-11/h10H,2-9H2,1H3/t10-,11-,12-/m1/s1. The normalized spacial score (nSPS) is 51.9. The highest BCUT2D eigenvalue weighted by Gasteiger charge is 2.67. The number of ether oxygens (including phenoxy) is 1. The zero-order valence-corrected chi connectivity index (χ0v) is 8.64. The van der Waals surface area contributed by atoms with E-state index in [1.54, 1.807) is 0 Å². The van der Waals surface area contributed by atoms with Gasteiger partial charge in [-0.05, 0) is 44.4 Å². The van der Waals surface area contributed by atoms with Gasteiger partial charge in [0.1, 0.15) is 0 Å². The summed E-state index contributed by atoms with van der Waals surface area (Å²) in [5.74, 6) is 0.965. The first-order chi connectivity index (χ1) is 6.29. The summed E-state index contributed by atoms with van der Waals surface area (Å²) < 4.78 is 6.35. The smallest absolute Gasteiger partial charge is 0.0724 e. The van der Waals surface area contributed by atoms with E-state index >= 15 is 0 Å². The van der Waals surface area contributed by atoms with Gasteiger partial charge in [0.05, 0.1) is 11.2 Å². The minimum absolute atomic E-state index is 0.358. The van der Waals surface area contributed by atoms with Crippen LogP contribution in [-0.4, -0.2) is 11.2 Å².